The molecular weight excluding hydrogens is 588 g/mol. The number of ether oxygens (including phenoxy) is 1. The number of fused-ring (bicyclic) bond motifs is 1. The molecule has 0 unspecified atom stereocenters. The number of likely N-dealkylation sites (N-methyl/N-ethyl adjacent to an activating group) is 1. The molecule has 0 saturated carbocycles. The molecule has 0 aliphatic carbocycles. The van der Waals surface area contributed by atoms with Gasteiger partial charge in [0.05, 0.1) is 18.3 Å². The van der Waals surface area contributed by atoms with Gasteiger partial charge in [-0.05, 0) is 87.7 Å². The molecule has 1 N–H and O–H groups in total. The standard InChI is InChI=1S/C33H36N4O3.C4H10O.C2H6/c1-23-19-25(22-38)9-11-29(23)32(24(2)39)33(26-7-5-4-6-8-26)34-28-10-12-30-27(20-28)13-14-37(30)31(40)21-36-17-15-35(3)16-18-36;1-4(2)5-3;1-2/h4-12,19-20,22,34H,13-18,21H2,1-3H3;4H,1-3H3;1-2H3/b33-32+;;. The molecule has 252 valence electrons. The van der Waals surface area contributed by atoms with Crippen molar-refractivity contribution < 1.29 is 19.1 Å². The minimum Gasteiger partial charge on any atom is -0.382 e. The highest BCUT2D eigenvalue weighted by molar-refractivity contribution is 6.28. The summed E-state index contributed by atoms with van der Waals surface area (Å²) in [5.41, 5.74) is 7.29. The Hall–Kier alpha value is -4.11. The van der Waals surface area contributed by atoms with Crippen LogP contribution >= 0.6 is 0 Å². The van der Waals surface area contributed by atoms with Crippen LogP contribution in [0.2, 0.25) is 0 Å². The zero-order chi connectivity index (χ0) is 34.5. The Morgan fingerprint density at radius 3 is 2.17 bits per heavy atom. The van der Waals surface area contributed by atoms with Crippen molar-refractivity contribution in [2.24, 2.45) is 0 Å². The number of ketones is 1. The van der Waals surface area contributed by atoms with Crippen molar-refractivity contribution in [1.29, 1.82) is 0 Å². The number of carbonyl (C=O) groups excluding carboxylic acids is 3. The zero-order valence-electron chi connectivity index (χ0n) is 29.4. The van der Waals surface area contributed by atoms with E-state index in [-0.39, 0.29) is 11.7 Å². The third kappa shape index (κ3) is 10.2. The number of anilines is 2. The topological polar surface area (TPSA) is 82.2 Å². The summed E-state index contributed by atoms with van der Waals surface area (Å²) in [5.74, 6) is 0.0668. The van der Waals surface area contributed by atoms with Crippen molar-refractivity contribution >= 4 is 40.6 Å². The number of hydrogen-bond donors (Lipinski definition) is 1. The zero-order valence-corrected chi connectivity index (χ0v) is 29.4. The fourth-order valence-corrected chi connectivity index (χ4v) is 5.59. The Kier molecular flexibility index (Phi) is 14.5. The molecule has 0 radical (unpaired) electrons. The molecule has 2 heterocycles. The van der Waals surface area contributed by atoms with E-state index in [9.17, 15) is 14.4 Å². The molecule has 47 heavy (non-hydrogen) atoms. The molecular formula is C39H52N4O4. The average molecular weight is 641 g/mol. The summed E-state index contributed by atoms with van der Waals surface area (Å²) in [5, 5.41) is 3.55. The smallest absolute Gasteiger partial charge is 0.241 e. The number of piperazine rings is 1. The van der Waals surface area contributed by atoms with E-state index in [2.05, 4.69) is 28.2 Å². The Bertz CT molecular complexity index is 1530. The van der Waals surface area contributed by atoms with Gasteiger partial charge in [0.2, 0.25) is 5.91 Å². The van der Waals surface area contributed by atoms with Gasteiger partial charge in [-0.1, -0.05) is 56.3 Å². The van der Waals surface area contributed by atoms with Gasteiger partial charge in [-0.3, -0.25) is 19.3 Å². The van der Waals surface area contributed by atoms with Crippen LogP contribution in [0.5, 0.6) is 0 Å². The number of allylic oxidation sites excluding steroid dienone is 1. The predicted octanol–water partition coefficient (Wildman–Crippen LogP) is 6.58. The van der Waals surface area contributed by atoms with E-state index in [4.69, 9.17) is 4.74 Å². The highest BCUT2D eigenvalue weighted by Crippen LogP contribution is 2.35. The van der Waals surface area contributed by atoms with Crippen LogP contribution in [-0.4, -0.2) is 87.3 Å². The van der Waals surface area contributed by atoms with Crippen LogP contribution in [0.4, 0.5) is 11.4 Å². The van der Waals surface area contributed by atoms with Crippen molar-refractivity contribution in [1.82, 2.24) is 9.80 Å². The number of rotatable bonds is 9. The lowest BCUT2D eigenvalue weighted by Crippen LogP contribution is -2.48. The Balaban J connectivity index is 0.000000784. The monoisotopic (exact) mass is 640 g/mol. The molecule has 3 aromatic carbocycles. The summed E-state index contributed by atoms with van der Waals surface area (Å²) < 4.78 is 4.75. The van der Waals surface area contributed by atoms with E-state index in [1.54, 1.807) is 26.2 Å². The van der Waals surface area contributed by atoms with Crippen molar-refractivity contribution in [3.63, 3.8) is 0 Å². The summed E-state index contributed by atoms with van der Waals surface area (Å²) in [6.45, 7) is 16.4. The molecule has 2 aliphatic rings. The van der Waals surface area contributed by atoms with Crippen LogP contribution in [0.15, 0.2) is 66.7 Å². The number of Topliss-reactive ketones (excluding diaryl/α,β-unsaturated/α-hetero) is 1. The van der Waals surface area contributed by atoms with E-state index in [1.807, 2.05) is 88.0 Å². The van der Waals surface area contributed by atoms with E-state index in [1.165, 1.54) is 0 Å². The molecule has 0 atom stereocenters. The molecule has 8 heteroatoms. The predicted molar refractivity (Wildman–Crippen MR) is 194 cm³/mol. The van der Waals surface area contributed by atoms with Crippen LogP contribution in [0.3, 0.4) is 0 Å². The number of nitrogens with one attached hydrogen (secondary N) is 1. The van der Waals surface area contributed by atoms with Gasteiger partial charge in [0.25, 0.3) is 0 Å². The third-order valence-corrected chi connectivity index (χ3v) is 8.29. The second-order valence-electron chi connectivity index (χ2n) is 12.0. The first-order chi connectivity index (χ1) is 22.6. The first kappa shape index (κ1) is 37.3. The fourth-order valence-electron chi connectivity index (χ4n) is 5.59. The lowest BCUT2D eigenvalue weighted by Gasteiger charge is -2.32. The first-order valence-electron chi connectivity index (χ1n) is 16.6. The van der Waals surface area contributed by atoms with Gasteiger partial charge >= 0.3 is 0 Å². The summed E-state index contributed by atoms with van der Waals surface area (Å²) in [6.07, 6.45) is 1.99. The maximum absolute atomic E-state index is 13.2. The number of benzene rings is 3. The number of amides is 1. The number of hydrogen-bond acceptors (Lipinski definition) is 7. The van der Waals surface area contributed by atoms with Crippen molar-refractivity contribution in [2.45, 2.75) is 54.1 Å². The normalized spacial score (nSPS) is 15.0. The SMILES string of the molecule is CC.CC(=O)/C(=C(\Nc1ccc2c(c1)CCN2C(=O)CN1CCN(C)CC1)c1ccccc1)c1ccc(C=O)cc1C.COC(C)C. The average Bonchev–Trinajstić information content (AvgIpc) is 3.51. The summed E-state index contributed by atoms with van der Waals surface area (Å²) in [4.78, 5) is 44.1. The quantitative estimate of drug-likeness (QED) is 0.161. The van der Waals surface area contributed by atoms with Crippen LogP contribution in [0.1, 0.15) is 67.2 Å². The first-order valence-corrected chi connectivity index (χ1v) is 16.6. The molecule has 2 aliphatic heterocycles. The van der Waals surface area contributed by atoms with E-state index < -0.39 is 0 Å². The Morgan fingerprint density at radius 2 is 1.60 bits per heavy atom. The van der Waals surface area contributed by atoms with Gasteiger partial charge in [0.15, 0.2) is 5.78 Å². The number of carbonyl (C=O) groups is 3. The van der Waals surface area contributed by atoms with Gasteiger partial charge < -0.3 is 19.9 Å². The van der Waals surface area contributed by atoms with E-state index in [0.29, 0.717) is 36.0 Å². The van der Waals surface area contributed by atoms with Gasteiger partial charge in [-0.15, -0.1) is 0 Å². The van der Waals surface area contributed by atoms with Crippen LogP contribution < -0.4 is 10.2 Å². The number of aldehydes is 1. The molecule has 1 fully saturated rings. The number of aryl methyl sites for hydroxylation is 1. The molecule has 1 amide bonds. The molecule has 3 aromatic rings. The Labute approximate surface area is 281 Å². The highest BCUT2D eigenvalue weighted by Gasteiger charge is 2.27. The largest absolute Gasteiger partial charge is 0.382 e. The van der Waals surface area contributed by atoms with Gasteiger partial charge in [-0.2, -0.15) is 0 Å². The molecule has 5 rings (SSSR count). The second kappa shape index (κ2) is 18.3. The van der Waals surface area contributed by atoms with Gasteiger partial charge in [0.1, 0.15) is 6.29 Å². The minimum absolute atomic E-state index is 0.0739. The van der Waals surface area contributed by atoms with Crippen LogP contribution in [0, 0.1) is 6.92 Å². The number of nitrogens with zero attached hydrogens (tertiary/aromatic N) is 3. The molecule has 0 aromatic heterocycles. The fraction of sp³-hybridized carbons (Fsp3) is 0.410. The molecule has 0 spiro atoms. The van der Waals surface area contributed by atoms with Gasteiger partial charge in [-0.25, -0.2) is 0 Å². The van der Waals surface area contributed by atoms with Gasteiger partial charge in [0, 0.05) is 62.3 Å². The molecule has 0 bridgehead atoms. The van der Waals surface area contributed by atoms with Crippen molar-refractivity contribution in [2.75, 3.05) is 63.6 Å². The number of methoxy groups -OCH3 is 1. The summed E-state index contributed by atoms with van der Waals surface area (Å²) in [6, 6.07) is 21.2. The highest BCUT2D eigenvalue weighted by atomic mass is 16.5. The maximum Gasteiger partial charge on any atom is 0.241 e. The Morgan fingerprint density at radius 1 is 0.936 bits per heavy atom. The minimum atomic E-state index is -0.0739. The summed E-state index contributed by atoms with van der Waals surface area (Å²) in [7, 11) is 3.81. The van der Waals surface area contributed by atoms with Crippen LogP contribution in [-0.2, 0) is 20.7 Å². The van der Waals surface area contributed by atoms with Crippen molar-refractivity contribution in [3.8, 4) is 0 Å². The third-order valence-electron chi connectivity index (χ3n) is 8.29. The molecule has 1 saturated heterocycles. The van der Waals surface area contributed by atoms with E-state index >= 15 is 0 Å². The van der Waals surface area contributed by atoms with Crippen molar-refractivity contribution in [3.05, 3.63) is 94.5 Å². The van der Waals surface area contributed by atoms with Crippen LogP contribution in [0.25, 0.3) is 11.3 Å². The lowest BCUT2D eigenvalue weighted by atomic mass is 9.92. The lowest BCUT2D eigenvalue weighted by molar-refractivity contribution is -0.120. The van der Waals surface area contributed by atoms with E-state index in [0.717, 1.165) is 72.5 Å². The molecule has 8 nitrogen and oxygen atoms in total. The maximum atomic E-state index is 13.2. The second-order valence-corrected chi connectivity index (χ2v) is 12.0. The summed E-state index contributed by atoms with van der Waals surface area (Å²) >= 11 is 0.